The Bertz CT molecular complexity index is 875. The number of imidazole rings is 1. The predicted molar refractivity (Wildman–Crippen MR) is 95.1 cm³/mol. The third-order valence-corrected chi connectivity index (χ3v) is 3.28. The number of benzene rings is 1. The van der Waals surface area contributed by atoms with E-state index in [1.165, 1.54) is 22.9 Å². The lowest BCUT2D eigenvalue weighted by molar-refractivity contribution is 0.570. The molecule has 2 heterocycles. The molecule has 3 aromatic rings. The third-order valence-electron chi connectivity index (χ3n) is 3.09. The lowest BCUT2D eigenvalue weighted by Gasteiger charge is -1.98. The number of thioether (sulfide) groups is 1. The van der Waals surface area contributed by atoms with Crippen LogP contribution in [0.5, 0.6) is 0 Å². The number of hydrogen-bond acceptors (Lipinski definition) is 4. The van der Waals surface area contributed by atoms with E-state index >= 15 is 0 Å². The molecule has 0 aliphatic rings. The SMILES string of the molecule is CSC=O.Cc1ccc(C)c(C#Cc2cnc3cccnn23)c1. The maximum atomic E-state index is 9.14. The van der Waals surface area contributed by atoms with Gasteiger partial charge in [-0.05, 0) is 55.3 Å². The van der Waals surface area contributed by atoms with Crippen molar-refractivity contribution in [2.24, 2.45) is 0 Å². The summed E-state index contributed by atoms with van der Waals surface area (Å²) in [5.74, 6) is 6.34. The van der Waals surface area contributed by atoms with E-state index in [-0.39, 0.29) is 0 Å². The van der Waals surface area contributed by atoms with Crippen LogP contribution >= 0.6 is 11.8 Å². The van der Waals surface area contributed by atoms with Crippen molar-refractivity contribution in [2.45, 2.75) is 13.8 Å². The second kappa shape index (κ2) is 8.16. The smallest absolute Gasteiger partial charge is 0.175 e. The Labute approximate surface area is 139 Å². The molecule has 1 aromatic carbocycles. The molecule has 0 aliphatic carbocycles. The van der Waals surface area contributed by atoms with Crippen LogP contribution in [0.4, 0.5) is 0 Å². The lowest BCUT2D eigenvalue weighted by atomic mass is 10.1. The monoisotopic (exact) mass is 323 g/mol. The molecule has 0 fully saturated rings. The van der Waals surface area contributed by atoms with Crippen LogP contribution in [0.3, 0.4) is 0 Å². The normalized spacial score (nSPS) is 9.52. The molecule has 5 heteroatoms. The Morgan fingerprint density at radius 2 is 2.00 bits per heavy atom. The summed E-state index contributed by atoms with van der Waals surface area (Å²) in [6, 6.07) is 10.1. The van der Waals surface area contributed by atoms with Crippen LogP contribution in [0.2, 0.25) is 0 Å². The van der Waals surface area contributed by atoms with Crippen molar-refractivity contribution in [1.82, 2.24) is 14.6 Å². The molecular weight excluding hydrogens is 306 g/mol. The van der Waals surface area contributed by atoms with Crippen molar-refractivity contribution < 1.29 is 4.79 Å². The first kappa shape index (κ1) is 16.8. The second-order valence-electron chi connectivity index (χ2n) is 4.84. The van der Waals surface area contributed by atoms with E-state index < -0.39 is 0 Å². The fourth-order valence-corrected chi connectivity index (χ4v) is 1.92. The van der Waals surface area contributed by atoms with Gasteiger partial charge in [0, 0.05) is 11.8 Å². The van der Waals surface area contributed by atoms with Crippen LogP contribution in [0.15, 0.2) is 42.7 Å². The third kappa shape index (κ3) is 4.44. The summed E-state index contributed by atoms with van der Waals surface area (Å²) in [6.45, 7) is 4.14. The van der Waals surface area contributed by atoms with Gasteiger partial charge >= 0.3 is 0 Å². The van der Waals surface area contributed by atoms with Crippen LogP contribution in [-0.2, 0) is 4.79 Å². The molecule has 0 amide bonds. The van der Waals surface area contributed by atoms with Crippen molar-refractivity contribution in [2.75, 3.05) is 6.26 Å². The number of carbonyl (C=O) groups excluding carboxylic acids is 1. The largest absolute Gasteiger partial charge is 0.291 e. The lowest BCUT2D eigenvalue weighted by Crippen LogP contribution is -1.92. The summed E-state index contributed by atoms with van der Waals surface area (Å²) in [6.07, 6.45) is 5.21. The van der Waals surface area contributed by atoms with Gasteiger partial charge in [0.2, 0.25) is 0 Å². The van der Waals surface area contributed by atoms with Gasteiger partial charge in [-0.25, -0.2) is 9.50 Å². The average Bonchev–Trinajstić information content (AvgIpc) is 2.99. The Morgan fingerprint density at radius 1 is 1.22 bits per heavy atom. The summed E-state index contributed by atoms with van der Waals surface area (Å²) in [5.41, 5.74) is 5.85. The van der Waals surface area contributed by atoms with Crippen molar-refractivity contribution in [3.05, 3.63) is 65.1 Å². The Morgan fingerprint density at radius 3 is 2.74 bits per heavy atom. The minimum Gasteiger partial charge on any atom is -0.291 e. The first-order valence-electron chi connectivity index (χ1n) is 7.00. The molecule has 0 saturated carbocycles. The van der Waals surface area contributed by atoms with E-state index in [0.717, 1.165) is 22.5 Å². The number of nitrogens with zero attached hydrogens (tertiary/aromatic N) is 3. The Kier molecular flexibility index (Phi) is 5.95. The molecule has 0 unspecified atom stereocenters. The zero-order chi connectivity index (χ0) is 16.7. The molecule has 23 heavy (non-hydrogen) atoms. The number of carbonyl (C=O) groups is 1. The molecule has 3 rings (SSSR count). The van der Waals surface area contributed by atoms with Gasteiger partial charge in [0.1, 0.15) is 5.69 Å². The summed E-state index contributed by atoms with van der Waals surface area (Å²) >= 11 is 1.18. The first-order chi connectivity index (χ1) is 11.2. The molecule has 0 spiro atoms. The molecule has 0 bridgehead atoms. The average molecular weight is 323 g/mol. The van der Waals surface area contributed by atoms with E-state index in [4.69, 9.17) is 4.79 Å². The number of fused-ring (bicyclic) bond motifs is 1. The fraction of sp³-hybridized carbons (Fsp3) is 0.167. The highest BCUT2D eigenvalue weighted by Crippen LogP contribution is 2.09. The van der Waals surface area contributed by atoms with Crippen LogP contribution in [-0.4, -0.2) is 26.5 Å². The number of aromatic nitrogens is 3. The molecular formula is C18H17N3OS. The van der Waals surface area contributed by atoms with E-state index in [1.54, 1.807) is 23.2 Å². The molecule has 0 atom stereocenters. The minimum absolute atomic E-state index is 0.792. The Hall–Kier alpha value is -2.58. The predicted octanol–water partition coefficient (Wildman–Crippen LogP) is 3.29. The zero-order valence-electron chi connectivity index (χ0n) is 13.3. The molecule has 0 N–H and O–H groups in total. The molecule has 0 saturated heterocycles. The maximum absolute atomic E-state index is 9.14. The van der Waals surface area contributed by atoms with Gasteiger partial charge in [-0.2, -0.15) is 5.10 Å². The summed E-state index contributed by atoms with van der Waals surface area (Å²) in [4.78, 5) is 13.4. The van der Waals surface area contributed by atoms with Crippen molar-refractivity contribution in [1.29, 1.82) is 0 Å². The Balaban J connectivity index is 0.000000433. The molecule has 0 radical (unpaired) electrons. The summed E-state index contributed by atoms with van der Waals surface area (Å²) in [5, 5.41) is 4.25. The highest BCUT2D eigenvalue weighted by Gasteiger charge is 2.00. The van der Waals surface area contributed by atoms with Crippen molar-refractivity contribution in [3.8, 4) is 11.8 Å². The topological polar surface area (TPSA) is 47.3 Å². The number of aryl methyl sites for hydroxylation is 2. The van der Waals surface area contributed by atoms with Crippen molar-refractivity contribution >= 4 is 23.0 Å². The van der Waals surface area contributed by atoms with Gasteiger partial charge in [0.15, 0.2) is 11.3 Å². The molecule has 0 aliphatic heterocycles. The maximum Gasteiger partial charge on any atom is 0.175 e. The summed E-state index contributed by atoms with van der Waals surface area (Å²) < 4.78 is 1.75. The highest BCUT2D eigenvalue weighted by molar-refractivity contribution is 8.11. The van der Waals surface area contributed by atoms with Gasteiger partial charge in [-0.15, -0.1) is 0 Å². The standard InChI is InChI=1S/C16H13N3.C2H4OS/c1-12-5-6-13(2)14(10-12)7-8-15-11-17-16-4-3-9-18-19(15)16;1-4-2-3/h3-6,9-11H,1-2H3;2H,1H3. The molecule has 2 aromatic heterocycles. The van der Waals surface area contributed by atoms with Gasteiger partial charge in [0.25, 0.3) is 0 Å². The van der Waals surface area contributed by atoms with Crippen LogP contribution in [0.1, 0.15) is 22.4 Å². The van der Waals surface area contributed by atoms with Gasteiger partial charge < -0.3 is 0 Å². The van der Waals surface area contributed by atoms with E-state index in [0.29, 0.717) is 0 Å². The minimum atomic E-state index is 0.792. The molecule has 116 valence electrons. The van der Waals surface area contributed by atoms with Gasteiger partial charge in [-0.3, -0.25) is 4.79 Å². The van der Waals surface area contributed by atoms with Gasteiger partial charge in [0.05, 0.1) is 6.20 Å². The van der Waals surface area contributed by atoms with Crippen LogP contribution in [0.25, 0.3) is 5.65 Å². The second-order valence-corrected chi connectivity index (χ2v) is 5.50. The fourth-order valence-electron chi connectivity index (χ4n) is 1.92. The molecule has 4 nitrogen and oxygen atoms in total. The van der Waals surface area contributed by atoms with Crippen LogP contribution < -0.4 is 0 Å². The zero-order valence-corrected chi connectivity index (χ0v) is 14.1. The highest BCUT2D eigenvalue weighted by atomic mass is 32.2. The van der Waals surface area contributed by atoms with Crippen molar-refractivity contribution in [3.63, 3.8) is 0 Å². The van der Waals surface area contributed by atoms with E-state index in [9.17, 15) is 0 Å². The quantitative estimate of drug-likeness (QED) is 0.509. The van der Waals surface area contributed by atoms with E-state index in [2.05, 4.69) is 54.0 Å². The number of hydrogen-bond donors (Lipinski definition) is 0. The first-order valence-corrected chi connectivity index (χ1v) is 8.29. The summed E-state index contributed by atoms with van der Waals surface area (Å²) in [7, 11) is 0. The van der Waals surface area contributed by atoms with E-state index in [1.807, 2.05) is 12.1 Å². The number of rotatable bonds is 1. The van der Waals surface area contributed by atoms with Crippen LogP contribution in [0, 0.1) is 25.7 Å². The van der Waals surface area contributed by atoms with Gasteiger partial charge in [-0.1, -0.05) is 29.8 Å².